The van der Waals surface area contributed by atoms with Crippen LogP contribution in [0.4, 0.5) is 5.69 Å². The van der Waals surface area contributed by atoms with E-state index in [0.29, 0.717) is 22.4 Å². The fourth-order valence-corrected chi connectivity index (χ4v) is 5.07. The number of methoxy groups -OCH3 is 2. The van der Waals surface area contributed by atoms with Gasteiger partial charge in [-0.15, -0.1) is 0 Å². The van der Waals surface area contributed by atoms with Crippen molar-refractivity contribution in [1.82, 2.24) is 0 Å². The van der Waals surface area contributed by atoms with E-state index in [4.69, 9.17) is 28.3 Å². The molecular formula is C29H29NO9S2. The molecule has 0 saturated carbocycles. The molecule has 0 fully saturated rings. The molecule has 41 heavy (non-hydrogen) atoms. The van der Waals surface area contributed by atoms with Gasteiger partial charge in [-0.2, -0.15) is 16.8 Å². The maximum atomic E-state index is 12.4. The first kappa shape index (κ1) is 29.6. The lowest BCUT2D eigenvalue weighted by atomic mass is 9.96. The van der Waals surface area contributed by atoms with Crippen LogP contribution in [0, 0.1) is 0 Å². The van der Waals surface area contributed by atoms with Crippen LogP contribution in [0.3, 0.4) is 0 Å². The average Bonchev–Trinajstić information content (AvgIpc) is 2.90. The molecule has 12 heteroatoms. The van der Waals surface area contributed by atoms with E-state index in [2.05, 4.69) is 0 Å². The van der Waals surface area contributed by atoms with Gasteiger partial charge in [-0.1, -0.05) is 48.5 Å². The molecule has 10 nitrogen and oxygen atoms in total. The van der Waals surface area contributed by atoms with Crippen LogP contribution in [0.2, 0.25) is 0 Å². The van der Waals surface area contributed by atoms with Gasteiger partial charge in [0.2, 0.25) is 0 Å². The zero-order valence-electron chi connectivity index (χ0n) is 22.8. The van der Waals surface area contributed by atoms with Crippen molar-refractivity contribution in [2.24, 2.45) is 0 Å². The second kappa shape index (κ2) is 12.0. The van der Waals surface area contributed by atoms with E-state index in [0.717, 1.165) is 18.1 Å². The van der Waals surface area contributed by atoms with Crippen molar-refractivity contribution in [2.75, 3.05) is 32.5 Å². The second-order valence-electron chi connectivity index (χ2n) is 9.00. The van der Waals surface area contributed by atoms with Gasteiger partial charge in [0.25, 0.3) is 0 Å². The predicted octanol–water partition coefficient (Wildman–Crippen LogP) is 4.88. The second-order valence-corrected chi connectivity index (χ2v) is 12.1. The standard InChI is InChI=1S/C29H29NO9S2/c1-35-26-17-23(20-11-8-12-22(30)15-20)28(36-2)29(39-41(4,33)34)27(26)21-13-14-24(25(16-21)38-40(3,31)32)37-18-19-9-6-5-7-10-19/h5-17H,18,30H2,1-4H3. The molecule has 0 bridgehead atoms. The first-order chi connectivity index (χ1) is 19.4. The van der Waals surface area contributed by atoms with Crippen LogP contribution in [-0.4, -0.2) is 43.6 Å². The Morgan fingerprint density at radius 1 is 0.659 bits per heavy atom. The zero-order valence-corrected chi connectivity index (χ0v) is 24.4. The first-order valence-corrected chi connectivity index (χ1v) is 15.8. The fraction of sp³-hybridized carbons (Fsp3) is 0.172. The highest BCUT2D eigenvalue weighted by Crippen LogP contribution is 2.51. The van der Waals surface area contributed by atoms with Crippen molar-refractivity contribution >= 4 is 25.9 Å². The number of anilines is 1. The van der Waals surface area contributed by atoms with Gasteiger partial charge in [0, 0.05) is 11.3 Å². The minimum Gasteiger partial charge on any atom is -0.496 e. The third-order valence-electron chi connectivity index (χ3n) is 5.77. The molecule has 0 heterocycles. The van der Waals surface area contributed by atoms with E-state index >= 15 is 0 Å². The summed E-state index contributed by atoms with van der Waals surface area (Å²) in [5, 5.41) is 0. The highest BCUT2D eigenvalue weighted by molar-refractivity contribution is 7.86. The van der Waals surface area contributed by atoms with Crippen molar-refractivity contribution in [2.45, 2.75) is 6.61 Å². The number of nitrogen functional groups attached to an aromatic ring is 1. The van der Waals surface area contributed by atoms with Crippen molar-refractivity contribution < 1.29 is 39.4 Å². The monoisotopic (exact) mass is 599 g/mol. The van der Waals surface area contributed by atoms with E-state index in [-0.39, 0.29) is 40.9 Å². The van der Waals surface area contributed by atoms with Crippen molar-refractivity contribution in [3.8, 4) is 51.0 Å². The molecule has 0 radical (unpaired) electrons. The van der Waals surface area contributed by atoms with Crippen molar-refractivity contribution in [1.29, 1.82) is 0 Å². The molecule has 4 aromatic rings. The highest BCUT2D eigenvalue weighted by Gasteiger charge is 2.27. The Hall–Kier alpha value is -4.42. The van der Waals surface area contributed by atoms with Crippen molar-refractivity contribution in [3.63, 3.8) is 0 Å². The van der Waals surface area contributed by atoms with Crippen LogP contribution in [0.25, 0.3) is 22.3 Å². The third kappa shape index (κ3) is 7.41. The third-order valence-corrected chi connectivity index (χ3v) is 6.72. The molecule has 4 rings (SSSR count). The topological polar surface area (TPSA) is 140 Å². The van der Waals surface area contributed by atoms with Crippen LogP contribution in [0.15, 0.2) is 78.9 Å². The minimum atomic E-state index is -4.07. The van der Waals surface area contributed by atoms with Crippen LogP contribution in [-0.2, 0) is 26.8 Å². The molecular weight excluding hydrogens is 570 g/mol. The Balaban J connectivity index is 1.94. The van der Waals surface area contributed by atoms with Crippen LogP contribution in [0.5, 0.6) is 28.7 Å². The van der Waals surface area contributed by atoms with Crippen LogP contribution < -0.4 is 28.3 Å². The van der Waals surface area contributed by atoms with E-state index in [1.165, 1.54) is 26.4 Å². The summed E-state index contributed by atoms with van der Waals surface area (Å²) in [5.41, 5.74) is 8.88. The molecule has 0 amide bonds. The SMILES string of the molecule is COc1cc(-c2cccc(N)c2)c(OC)c(OS(C)(=O)=O)c1-c1ccc(OCc2ccccc2)c(OS(C)(=O)=O)c1. The zero-order chi connectivity index (χ0) is 29.8. The largest absolute Gasteiger partial charge is 0.496 e. The maximum Gasteiger partial charge on any atom is 0.306 e. The fourth-order valence-electron chi connectivity index (χ4n) is 4.15. The van der Waals surface area contributed by atoms with Crippen LogP contribution in [0.1, 0.15) is 5.56 Å². The normalized spacial score (nSPS) is 11.5. The lowest BCUT2D eigenvalue weighted by molar-refractivity contribution is 0.296. The smallest absolute Gasteiger partial charge is 0.306 e. The molecule has 0 atom stereocenters. The molecule has 0 aliphatic rings. The van der Waals surface area contributed by atoms with E-state index in [1.54, 1.807) is 36.4 Å². The number of benzene rings is 4. The lowest BCUT2D eigenvalue weighted by Gasteiger charge is -2.21. The predicted molar refractivity (Wildman–Crippen MR) is 157 cm³/mol. The Morgan fingerprint density at radius 3 is 1.98 bits per heavy atom. The molecule has 0 aliphatic carbocycles. The summed E-state index contributed by atoms with van der Waals surface area (Å²) < 4.78 is 77.1. The molecule has 0 spiro atoms. The van der Waals surface area contributed by atoms with Gasteiger partial charge in [-0.05, 0) is 47.0 Å². The molecule has 0 unspecified atom stereocenters. The van der Waals surface area contributed by atoms with Crippen molar-refractivity contribution in [3.05, 3.63) is 84.4 Å². The molecule has 2 N–H and O–H groups in total. The number of hydrogen-bond acceptors (Lipinski definition) is 10. The number of rotatable bonds is 11. The quantitative estimate of drug-likeness (QED) is 0.187. The van der Waals surface area contributed by atoms with E-state index in [1.807, 2.05) is 30.3 Å². The van der Waals surface area contributed by atoms with Gasteiger partial charge >= 0.3 is 20.2 Å². The number of nitrogens with two attached hydrogens (primary N) is 1. The summed E-state index contributed by atoms with van der Waals surface area (Å²) in [6, 6.07) is 22.4. The van der Waals surface area contributed by atoms with Gasteiger partial charge in [-0.25, -0.2) is 0 Å². The summed E-state index contributed by atoms with van der Waals surface area (Å²) in [6.45, 7) is 0.148. The summed E-state index contributed by atoms with van der Waals surface area (Å²) in [6.07, 6.45) is 1.80. The lowest BCUT2D eigenvalue weighted by Crippen LogP contribution is -2.10. The Labute approximate surface area is 239 Å². The van der Waals surface area contributed by atoms with Gasteiger partial charge in [-0.3, -0.25) is 0 Å². The summed E-state index contributed by atoms with van der Waals surface area (Å²) in [4.78, 5) is 0. The molecule has 0 saturated heterocycles. The summed E-state index contributed by atoms with van der Waals surface area (Å²) in [5.74, 6) is 0.162. The highest BCUT2D eigenvalue weighted by atomic mass is 32.2. The van der Waals surface area contributed by atoms with Crippen LogP contribution >= 0.6 is 0 Å². The first-order valence-electron chi connectivity index (χ1n) is 12.1. The van der Waals surface area contributed by atoms with Gasteiger partial charge in [0.15, 0.2) is 23.0 Å². The number of hydrogen-bond donors (Lipinski definition) is 1. The average molecular weight is 600 g/mol. The molecule has 0 aliphatic heterocycles. The van der Waals surface area contributed by atoms with E-state index in [9.17, 15) is 16.8 Å². The molecule has 216 valence electrons. The summed E-state index contributed by atoms with van der Waals surface area (Å²) >= 11 is 0. The Morgan fingerprint density at radius 2 is 1.37 bits per heavy atom. The molecule has 0 aromatic heterocycles. The minimum absolute atomic E-state index is 0.0896. The Bertz CT molecular complexity index is 1770. The summed E-state index contributed by atoms with van der Waals surface area (Å²) in [7, 11) is -5.26. The van der Waals surface area contributed by atoms with Gasteiger partial charge < -0.3 is 28.3 Å². The Kier molecular flexibility index (Phi) is 8.64. The van der Waals surface area contributed by atoms with Gasteiger partial charge in [0.1, 0.15) is 12.4 Å². The number of ether oxygens (including phenoxy) is 3. The van der Waals surface area contributed by atoms with E-state index < -0.39 is 20.2 Å². The molecule has 4 aromatic carbocycles. The van der Waals surface area contributed by atoms with Gasteiger partial charge in [0.05, 0.1) is 32.3 Å². The maximum absolute atomic E-state index is 12.4.